The zero-order valence-electron chi connectivity index (χ0n) is 10.8. The lowest BCUT2D eigenvalue weighted by Crippen LogP contribution is -2.06. The van der Waals surface area contributed by atoms with Crippen molar-refractivity contribution in [3.63, 3.8) is 0 Å². The minimum atomic E-state index is 0.381. The smallest absolute Gasteiger partial charge is 0.0558 e. The van der Waals surface area contributed by atoms with Crippen LogP contribution in [0.15, 0.2) is 48.5 Å². The van der Waals surface area contributed by atoms with Crippen LogP contribution in [0.3, 0.4) is 0 Å². The van der Waals surface area contributed by atoms with E-state index >= 15 is 0 Å². The molecule has 2 aromatic carbocycles. The van der Waals surface area contributed by atoms with E-state index < -0.39 is 0 Å². The van der Waals surface area contributed by atoms with Crippen molar-refractivity contribution in [2.75, 3.05) is 12.3 Å². The van der Waals surface area contributed by atoms with Crippen LogP contribution in [0, 0.1) is 0 Å². The average Bonchev–Trinajstić information content (AvgIpc) is 2.62. The fraction of sp³-hybridized carbons (Fsp3) is 0.176. The van der Waals surface area contributed by atoms with Gasteiger partial charge in [0.25, 0.3) is 0 Å². The molecule has 0 saturated heterocycles. The Morgan fingerprint density at radius 3 is 1.89 bits per heavy atom. The molecule has 0 radical (unpaired) electrons. The first-order chi connectivity index (χ1) is 9.40. The molecule has 0 heterocycles. The van der Waals surface area contributed by atoms with E-state index in [-0.39, 0.29) is 0 Å². The van der Waals surface area contributed by atoms with E-state index in [4.69, 9.17) is 5.73 Å². The van der Waals surface area contributed by atoms with Gasteiger partial charge in [-0.25, -0.2) is 0 Å². The normalized spacial score (nSPS) is 13.7. The lowest BCUT2D eigenvalue weighted by atomic mass is 9.99. The van der Waals surface area contributed by atoms with Crippen LogP contribution in [0.2, 0.25) is 0 Å². The van der Waals surface area contributed by atoms with Gasteiger partial charge in [-0.1, -0.05) is 60.7 Å². The van der Waals surface area contributed by atoms with Crippen molar-refractivity contribution in [2.24, 2.45) is 5.73 Å². The topological polar surface area (TPSA) is 26.0 Å². The van der Waals surface area contributed by atoms with Gasteiger partial charge in [-0.05, 0) is 22.3 Å². The van der Waals surface area contributed by atoms with Gasteiger partial charge in [0.1, 0.15) is 0 Å². The highest BCUT2D eigenvalue weighted by Gasteiger charge is 2.20. The van der Waals surface area contributed by atoms with E-state index in [0.717, 1.165) is 12.3 Å². The monoisotopic (exact) mass is 267 g/mol. The van der Waals surface area contributed by atoms with Crippen molar-refractivity contribution in [2.45, 2.75) is 5.25 Å². The summed E-state index contributed by atoms with van der Waals surface area (Å²) in [6.07, 6.45) is 4.44. The highest BCUT2D eigenvalue weighted by molar-refractivity contribution is 7.99. The molecule has 96 valence electrons. The Morgan fingerprint density at radius 2 is 1.37 bits per heavy atom. The van der Waals surface area contributed by atoms with E-state index in [9.17, 15) is 0 Å². The maximum Gasteiger partial charge on any atom is 0.0558 e. The van der Waals surface area contributed by atoms with E-state index in [0.29, 0.717) is 5.25 Å². The molecule has 0 saturated carbocycles. The third-order valence-electron chi connectivity index (χ3n) is 3.40. The molecule has 1 nitrogen and oxygen atoms in total. The van der Waals surface area contributed by atoms with Gasteiger partial charge in [0.2, 0.25) is 0 Å². The van der Waals surface area contributed by atoms with Crippen molar-refractivity contribution in [1.29, 1.82) is 0 Å². The highest BCUT2D eigenvalue weighted by Crippen LogP contribution is 2.41. The summed E-state index contributed by atoms with van der Waals surface area (Å²) in [4.78, 5) is 0. The zero-order chi connectivity index (χ0) is 13.1. The van der Waals surface area contributed by atoms with Crippen LogP contribution in [-0.4, -0.2) is 12.3 Å². The van der Waals surface area contributed by atoms with Crippen molar-refractivity contribution in [1.82, 2.24) is 0 Å². The molecule has 0 unspecified atom stereocenters. The van der Waals surface area contributed by atoms with Crippen molar-refractivity contribution in [3.05, 3.63) is 70.8 Å². The quantitative estimate of drug-likeness (QED) is 0.911. The minimum Gasteiger partial charge on any atom is -0.330 e. The van der Waals surface area contributed by atoms with E-state index in [2.05, 4.69) is 60.7 Å². The second kappa shape index (κ2) is 5.64. The first-order valence-electron chi connectivity index (χ1n) is 6.58. The SMILES string of the molecule is NCCSC1c2ccccc2C=Cc2ccccc21. The molecule has 2 N–H and O–H groups in total. The molecule has 0 amide bonds. The van der Waals surface area contributed by atoms with Gasteiger partial charge in [-0.2, -0.15) is 0 Å². The van der Waals surface area contributed by atoms with Crippen molar-refractivity contribution >= 4 is 23.9 Å². The molecule has 0 bridgehead atoms. The van der Waals surface area contributed by atoms with Crippen LogP contribution in [0.25, 0.3) is 12.2 Å². The molecule has 1 aliphatic carbocycles. The number of rotatable bonds is 3. The Morgan fingerprint density at radius 1 is 0.842 bits per heavy atom. The fourth-order valence-corrected chi connectivity index (χ4v) is 3.68. The molecule has 0 aliphatic heterocycles. The first kappa shape index (κ1) is 12.5. The first-order valence-corrected chi connectivity index (χ1v) is 7.62. The molecule has 1 aliphatic rings. The Labute approximate surface area is 118 Å². The predicted molar refractivity (Wildman–Crippen MR) is 85.2 cm³/mol. The molecular formula is C17H17NS. The largest absolute Gasteiger partial charge is 0.330 e. The fourth-order valence-electron chi connectivity index (χ4n) is 2.52. The summed E-state index contributed by atoms with van der Waals surface area (Å²) in [5, 5.41) is 0.381. The standard InChI is InChI=1S/C17H17NS/c18-11-12-19-17-15-7-3-1-5-13(15)9-10-14-6-2-4-8-16(14)17/h1-10,17H,11-12,18H2. The van der Waals surface area contributed by atoms with E-state index in [1.807, 2.05) is 11.8 Å². The Balaban J connectivity index is 2.12. The summed E-state index contributed by atoms with van der Waals surface area (Å²) >= 11 is 1.93. The number of thioether (sulfide) groups is 1. The van der Waals surface area contributed by atoms with Gasteiger partial charge < -0.3 is 5.73 Å². The lowest BCUT2D eigenvalue weighted by molar-refractivity contribution is 1.11. The van der Waals surface area contributed by atoms with Crippen LogP contribution in [0.5, 0.6) is 0 Å². The third-order valence-corrected chi connectivity index (χ3v) is 4.71. The molecule has 0 aromatic heterocycles. The summed E-state index contributed by atoms with van der Waals surface area (Å²) in [6, 6.07) is 17.3. The van der Waals surface area contributed by atoms with E-state index in [1.54, 1.807) is 0 Å². The van der Waals surface area contributed by atoms with Gasteiger partial charge >= 0.3 is 0 Å². The zero-order valence-corrected chi connectivity index (χ0v) is 11.6. The lowest BCUT2D eigenvalue weighted by Gasteiger charge is -2.19. The Hall–Kier alpha value is -1.51. The second-order valence-electron chi connectivity index (χ2n) is 4.63. The summed E-state index contributed by atoms with van der Waals surface area (Å²) < 4.78 is 0. The van der Waals surface area contributed by atoms with Gasteiger partial charge in [0.05, 0.1) is 5.25 Å². The molecule has 19 heavy (non-hydrogen) atoms. The second-order valence-corrected chi connectivity index (χ2v) is 5.84. The van der Waals surface area contributed by atoms with Crippen LogP contribution < -0.4 is 5.73 Å². The molecule has 0 spiro atoms. The Bertz CT molecular complexity index is 554. The predicted octanol–water partition coefficient (Wildman–Crippen LogP) is 3.95. The molecule has 3 rings (SSSR count). The number of nitrogens with two attached hydrogens (primary N) is 1. The van der Waals surface area contributed by atoms with Gasteiger partial charge in [0, 0.05) is 12.3 Å². The van der Waals surface area contributed by atoms with E-state index in [1.165, 1.54) is 22.3 Å². The van der Waals surface area contributed by atoms with Crippen molar-refractivity contribution in [3.8, 4) is 0 Å². The number of hydrogen-bond donors (Lipinski definition) is 1. The molecule has 2 aromatic rings. The summed E-state index contributed by atoms with van der Waals surface area (Å²) in [5.74, 6) is 0.979. The molecule has 0 atom stereocenters. The average molecular weight is 267 g/mol. The molecular weight excluding hydrogens is 250 g/mol. The van der Waals surface area contributed by atoms with Crippen LogP contribution >= 0.6 is 11.8 Å². The van der Waals surface area contributed by atoms with Crippen LogP contribution in [0.4, 0.5) is 0 Å². The summed E-state index contributed by atoms with van der Waals surface area (Å²) in [7, 11) is 0. The third kappa shape index (κ3) is 2.46. The van der Waals surface area contributed by atoms with Crippen LogP contribution in [0.1, 0.15) is 27.5 Å². The maximum atomic E-state index is 5.69. The maximum absolute atomic E-state index is 5.69. The number of hydrogen-bond acceptors (Lipinski definition) is 2. The minimum absolute atomic E-state index is 0.381. The molecule has 0 fully saturated rings. The summed E-state index contributed by atoms with van der Waals surface area (Å²) in [6.45, 7) is 0.721. The number of fused-ring (bicyclic) bond motifs is 2. The number of benzene rings is 2. The van der Waals surface area contributed by atoms with Gasteiger partial charge in [-0.15, -0.1) is 11.8 Å². The highest BCUT2D eigenvalue weighted by atomic mass is 32.2. The molecule has 2 heteroatoms. The summed E-state index contributed by atoms with van der Waals surface area (Å²) in [5.41, 5.74) is 11.1. The Kier molecular flexibility index (Phi) is 3.72. The van der Waals surface area contributed by atoms with Crippen LogP contribution in [-0.2, 0) is 0 Å². The van der Waals surface area contributed by atoms with Crippen molar-refractivity contribution < 1.29 is 0 Å². The van der Waals surface area contributed by atoms with Gasteiger partial charge in [0.15, 0.2) is 0 Å². The van der Waals surface area contributed by atoms with Gasteiger partial charge in [-0.3, -0.25) is 0 Å².